The molecular weight excluding hydrogens is 186 g/mol. The van der Waals surface area contributed by atoms with Gasteiger partial charge in [0.1, 0.15) is 0 Å². The highest BCUT2D eigenvalue weighted by Gasteiger charge is 2.10. The van der Waals surface area contributed by atoms with Gasteiger partial charge in [0.2, 0.25) is 0 Å². The molecule has 2 aromatic rings. The molecule has 0 bridgehead atoms. The molecule has 1 aromatic heterocycles. The van der Waals surface area contributed by atoms with Crippen LogP contribution < -0.4 is 0 Å². The third-order valence-electron chi connectivity index (χ3n) is 2.14. The second-order valence-electron chi connectivity index (χ2n) is 2.97. The number of nitrogens with one attached hydrogen (secondary N) is 1. The van der Waals surface area contributed by atoms with Gasteiger partial charge in [0, 0.05) is 22.7 Å². The molecule has 2 rings (SSSR count). The largest absolute Gasteiger partial charge is 0.361 e. The molecule has 0 radical (unpaired) electrons. The zero-order chi connectivity index (χ0) is 9.42. The van der Waals surface area contributed by atoms with Crippen molar-refractivity contribution in [3.8, 4) is 0 Å². The van der Waals surface area contributed by atoms with Crippen molar-refractivity contribution in [2.45, 2.75) is 6.92 Å². The summed E-state index contributed by atoms with van der Waals surface area (Å²) in [5, 5.41) is 0.489. The van der Waals surface area contributed by atoms with Crippen LogP contribution >= 0.6 is 11.6 Å². The number of carbonyl (C=O) groups excluding carboxylic acids is 1. The fourth-order valence-electron chi connectivity index (χ4n) is 1.50. The molecule has 0 fully saturated rings. The van der Waals surface area contributed by atoms with Crippen molar-refractivity contribution in [1.29, 1.82) is 0 Å². The van der Waals surface area contributed by atoms with E-state index in [0.29, 0.717) is 5.56 Å². The van der Waals surface area contributed by atoms with Gasteiger partial charge in [0.15, 0.2) is 0 Å². The van der Waals surface area contributed by atoms with Gasteiger partial charge < -0.3 is 4.98 Å². The number of benzene rings is 1. The molecule has 66 valence electrons. The summed E-state index contributed by atoms with van der Waals surface area (Å²) in [6.07, 6.45) is 1.80. The van der Waals surface area contributed by atoms with Gasteiger partial charge in [-0.2, -0.15) is 0 Å². The first-order valence-corrected chi connectivity index (χ1v) is 4.34. The van der Waals surface area contributed by atoms with Crippen LogP contribution in [-0.4, -0.2) is 10.2 Å². The van der Waals surface area contributed by atoms with Gasteiger partial charge in [-0.3, -0.25) is 4.79 Å². The van der Waals surface area contributed by atoms with Crippen molar-refractivity contribution >= 4 is 27.7 Å². The van der Waals surface area contributed by atoms with E-state index in [1.807, 2.05) is 25.1 Å². The maximum atomic E-state index is 11.1. The topological polar surface area (TPSA) is 32.9 Å². The number of aromatic nitrogens is 1. The molecule has 0 saturated carbocycles. The third-order valence-corrected chi connectivity index (χ3v) is 2.33. The van der Waals surface area contributed by atoms with Gasteiger partial charge in [0.05, 0.1) is 0 Å². The van der Waals surface area contributed by atoms with Gasteiger partial charge in [-0.1, -0.05) is 6.07 Å². The maximum absolute atomic E-state index is 11.1. The summed E-state index contributed by atoms with van der Waals surface area (Å²) in [5.74, 6) is 0. The Morgan fingerprint density at radius 2 is 2.15 bits per heavy atom. The SMILES string of the molecule is Cc1ccc2[nH]ccc2c1C(=O)Cl. The van der Waals surface area contributed by atoms with Crippen LogP contribution in [0.25, 0.3) is 10.9 Å². The number of aromatic amines is 1. The molecule has 13 heavy (non-hydrogen) atoms. The molecule has 0 unspecified atom stereocenters. The summed E-state index contributed by atoms with van der Waals surface area (Å²) >= 11 is 5.49. The Kier molecular flexibility index (Phi) is 1.85. The van der Waals surface area contributed by atoms with Crippen LogP contribution in [0.15, 0.2) is 24.4 Å². The van der Waals surface area contributed by atoms with E-state index in [-0.39, 0.29) is 0 Å². The summed E-state index contributed by atoms with van der Waals surface area (Å²) in [7, 11) is 0. The summed E-state index contributed by atoms with van der Waals surface area (Å²) in [6, 6.07) is 5.68. The Hall–Kier alpha value is -1.28. The van der Waals surface area contributed by atoms with E-state index in [2.05, 4.69) is 4.98 Å². The fourth-order valence-corrected chi connectivity index (χ4v) is 1.75. The van der Waals surface area contributed by atoms with E-state index in [1.165, 1.54) is 0 Å². The van der Waals surface area contributed by atoms with Crippen LogP contribution in [0.3, 0.4) is 0 Å². The number of carbonyl (C=O) groups is 1. The van der Waals surface area contributed by atoms with Gasteiger partial charge in [-0.05, 0) is 36.2 Å². The van der Waals surface area contributed by atoms with Gasteiger partial charge in [-0.15, -0.1) is 0 Å². The Labute approximate surface area is 80.5 Å². The first-order chi connectivity index (χ1) is 6.20. The van der Waals surface area contributed by atoms with Gasteiger partial charge in [0.25, 0.3) is 5.24 Å². The number of hydrogen-bond donors (Lipinski definition) is 1. The van der Waals surface area contributed by atoms with Crippen LogP contribution in [0.1, 0.15) is 15.9 Å². The fraction of sp³-hybridized carbons (Fsp3) is 0.100. The lowest BCUT2D eigenvalue weighted by atomic mass is 10.1. The summed E-state index contributed by atoms with van der Waals surface area (Å²) < 4.78 is 0. The van der Waals surface area contributed by atoms with E-state index < -0.39 is 5.24 Å². The van der Waals surface area contributed by atoms with Crippen molar-refractivity contribution < 1.29 is 4.79 Å². The molecule has 0 amide bonds. The third kappa shape index (κ3) is 1.23. The molecule has 0 atom stereocenters. The highest BCUT2D eigenvalue weighted by atomic mass is 35.5. The number of halogens is 1. The summed E-state index contributed by atoms with van der Waals surface area (Å²) in [4.78, 5) is 14.2. The van der Waals surface area contributed by atoms with E-state index in [0.717, 1.165) is 16.5 Å². The molecule has 1 heterocycles. The van der Waals surface area contributed by atoms with Crippen molar-refractivity contribution in [3.63, 3.8) is 0 Å². The van der Waals surface area contributed by atoms with Crippen molar-refractivity contribution in [1.82, 2.24) is 4.98 Å². The Balaban J connectivity index is 2.88. The molecule has 0 saturated heterocycles. The standard InChI is InChI=1S/C10H8ClNO/c1-6-2-3-8-7(4-5-12-8)9(6)10(11)13/h2-5,12H,1H3. The highest BCUT2D eigenvalue weighted by Crippen LogP contribution is 2.22. The van der Waals surface area contributed by atoms with Crippen LogP contribution in [0.4, 0.5) is 0 Å². The number of hydrogen-bond acceptors (Lipinski definition) is 1. The summed E-state index contributed by atoms with van der Waals surface area (Å²) in [6.45, 7) is 1.88. The van der Waals surface area contributed by atoms with Crippen LogP contribution in [-0.2, 0) is 0 Å². The van der Waals surface area contributed by atoms with Gasteiger partial charge in [-0.25, -0.2) is 0 Å². The van der Waals surface area contributed by atoms with E-state index in [4.69, 9.17) is 11.6 Å². The van der Waals surface area contributed by atoms with Crippen LogP contribution in [0.5, 0.6) is 0 Å². The number of rotatable bonds is 1. The Bertz CT molecular complexity index is 473. The van der Waals surface area contributed by atoms with E-state index >= 15 is 0 Å². The Morgan fingerprint density at radius 1 is 1.38 bits per heavy atom. The number of aryl methyl sites for hydroxylation is 1. The first kappa shape index (κ1) is 8.32. The normalized spacial score (nSPS) is 10.6. The number of H-pyrrole nitrogens is 1. The molecule has 0 aliphatic carbocycles. The lowest BCUT2D eigenvalue weighted by Crippen LogP contribution is -1.93. The predicted molar refractivity (Wildman–Crippen MR) is 53.2 cm³/mol. The van der Waals surface area contributed by atoms with E-state index in [1.54, 1.807) is 6.20 Å². The maximum Gasteiger partial charge on any atom is 0.253 e. The first-order valence-electron chi connectivity index (χ1n) is 3.96. The Morgan fingerprint density at radius 3 is 2.85 bits per heavy atom. The molecule has 1 aromatic carbocycles. The molecular formula is C10H8ClNO. The minimum atomic E-state index is -0.400. The zero-order valence-electron chi connectivity index (χ0n) is 7.10. The molecule has 2 nitrogen and oxygen atoms in total. The zero-order valence-corrected chi connectivity index (χ0v) is 7.85. The average molecular weight is 194 g/mol. The molecule has 0 aliphatic heterocycles. The van der Waals surface area contributed by atoms with Crippen molar-refractivity contribution in [2.24, 2.45) is 0 Å². The molecule has 0 spiro atoms. The lowest BCUT2D eigenvalue weighted by Gasteiger charge is -2.01. The summed E-state index contributed by atoms with van der Waals surface area (Å²) in [5.41, 5.74) is 2.45. The van der Waals surface area contributed by atoms with Crippen molar-refractivity contribution in [2.75, 3.05) is 0 Å². The van der Waals surface area contributed by atoms with Crippen molar-refractivity contribution in [3.05, 3.63) is 35.5 Å². The predicted octanol–water partition coefficient (Wildman–Crippen LogP) is 2.86. The second kappa shape index (κ2) is 2.89. The molecule has 3 heteroatoms. The smallest absolute Gasteiger partial charge is 0.253 e. The quantitative estimate of drug-likeness (QED) is 0.695. The van der Waals surface area contributed by atoms with E-state index in [9.17, 15) is 4.79 Å². The monoisotopic (exact) mass is 193 g/mol. The highest BCUT2D eigenvalue weighted by molar-refractivity contribution is 6.68. The minimum absolute atomic E-state index is 0.400. The number of fused-ring (bicyclic) bond motifs is 1. The van der Waals surface area contributed by atoms with Crippen LogP contribution in [0.2, 0.25) is 0 Å². The lowest BCUT2D eigenvalue weighted by molar-refractivity contribution is 0.108. The average Bonchev–Trinajstić information content (AvgIpc) is 2.50. The van der Waals surface area contributed by atoms with Crippen LogP contribution in [0, 0.1) is 6.92 Å². The minimum Gasteiger partial charge on any atom is -0.361 e. The molecule has 0 aliphatic rings. The second-order valence-corrected chi connectivity index (χ2v) is 3.31. The van der Waals surface area contributed by atoms with Gasteiger partial charge >= 0.3 is 0 Å². The molecule has 1 N–H and O–H groups in total.